The van der Waals surface area contributed by atoms with Gasteiger partial charge in [-0.15, -0.1) is 0 Å². The molecule has 4 rings (SSSR count). The van der Waals surface area contributed by atoms with E-state index in [1.165, 1.54) is 37.4 Å². The molecule has 10 heteroatoms. The Morgan fingerprint density at radius 2 is 1.43 bits per heavy atom. The van der Waals surface area contributed by atoms with E-state index < -0.39 is 10.0 Å². The first-order valence-corrected chi connectivity index (χ1v) is 17.6. The predicted molar refractivity (Wildman–Crippen MR) is 175 cm³/mol. The molecule has 0 saturated heterocycles. The zero-order valence-electron chi connectivity index (χ0n) is 26.3. The van der Waals surface area contributed by atoms with Crippen molar-refractivity contribution in [2.75, 3.05) is 37.3 Å². The van der Waals surface area contributed by atoms with E-state index >= 15 is 0 Å². The molecule has 1 fully saturated rings. The lowest BCUT2D eigenvalue weighted by Gasteiger charge is -2.28. The standard InChI is InChI=1S/C34H48N4O5S/c1-34(2,29-13-17-32(18-14-29)43-25-30-19-21-36-33(37-30)38-44(3,39)40)28-11-15-31(16-12-28)42-24-27-9-7-26(8-10-27)23-41-22-6-4-5-20-35/h11-19,21,26-27H,4-10,20,22-25,35H2,1-3H3,(H,36,37,38)/t26-,27-. The number of benzene rings is 2. The van der Waals surface area contributed by atoms with Crippen molar-refractivity contribution in [2.45, 2.75) is 70.8 Å². The van der Waals surface area contributed by atoms with Crippen molar-refractivity contribution in [3.05, 3.63) is 77.6 Å². The number of ether oxygens (including phenoxy) is 3. The smallest absolute Gasteiger partial charge is 0.236 e. The minimum atomic E-state index is -3.45. The molecule has 3 N–H and O–H groups in total. The van der Waals surface area contributed by atoms with Gasteiger partial charge in [-0.2, -0.15) is 0 Å². The van der Waals surface area contributed by atoms with Gasteiger partial charge in [-0.25, -0.2) is 18.4 Å². The normalized spacial score (nSPS) is 17.3. The molecule has 0 bridgehead atoms. The van der Waals surface area contributed by atoms with Gasteiger partial charge >= 0.3 is 0 Å². The van der Waals surface area contributed by atoms with Crippen LogP contribution in [-0.2, 0) is 26.8 Å². The van der Waals surface area contributed by atoms with Gasteiger partial charge in [-0.1, -0.05) is 38.1 Å². The molecular formula is C34H48N4O5S. The topological polar surface area (TPSA) is 126 Å². The Labute approximate surface area is 263 Å². The average Bonchev–Trinajstić information content (AvgIpc) is 3.01. The molecule has 0 aliphatic heterocycles. The van der Waals surface area contributed by atoms with E-state index in [0.29, 0.717) is 23.3 Å². The van der Waals surface area contributed by atoms with E-state index in [-0.39, 0.29) is 18.0 Å². The number of aromatic nitrogens is 2. The van der Waals surface area contributed by atoms with Crippen LogP contribution in [0.5, 0.6) is 11.5 Å². The van der Waals surface area contributed by atoms with Crippen LogP contribution < -0.4 is 19.9 Å². The first-order chi connectivity index (χ1) is 21.1. The summed E-state index contributed by atoms with van der Waals surface area (Å²) in [6.07, 6.45) is 10.8. The zero-order chi connectivity index (χ0) is 31.4. The summed E-state index contributed by atoms with van der Waals surface area (Å²) >= 11 is 0. The number of hydrogen-bond donors (Lipinski definition) is 2. The number of nitrogens with zero attached hydrogens (tertiary/aromatic N) is 2. The molecule has 0 amide bonds. The maximum atomic E-state index is 11.4. The summed E-state index contributed by atoms with van der Waals surface area (Å²) in [6, 6.07) is 18.2. The number of nitrogens with one attached hydrogen (secondary N) is 1. The third kappa shape index (κ3) is 10.7. The fourth-order valence-electron chi connectivity index (χ4n) is 5.51. The fourth-order valence-corrected chi connectivity index (χ4v) is 5.94. The Bertz CT molecular complexity index is 1390. The lowest BCUT2D eigenvalue weighted by Crippen LogP contribution is -2.23. The van der Waals surface area contributed by atoms with Crippen LogP contribution in [0.1, 0.15) is 75.6 Å². The molecule has 1 heterocycles. The van der Waals surface area contributed by atoms with E-state index in [0.717, 1.165) is 63.2 Å². The van der Waals surface area contributed by atoms with E-state index in [4.69, 9.17) is 19.9 Å². The molecule has 2 aromatic carbocycles. The minimum absolute atomic E-state index is 0.0242. The Kier molecular flexibility index (Phi) is 12.4. The number of anilines is 1. The molecule has 1 aliphatic rings. The molecular weight excluding hydrogens is 576 g/mol. The third-order valence-corrected chi connectivity index (χ3v) is 8.88. The van der Waals surface area contributed by atoms with Crippen LogP contribution in [0.15, 0.2) is 60.8 Å². The quantitative estimate of drug-likeness (QED) is 0.173. The third-order valence-electron chi connectivity index (χ3n) is 8.33. The second-order valence-corrected chi connectivity index (χ2v) is 14.1. The first kappa shape index (κ1) is 33.7. The Hall–Kier alpha value is -3.21. The van der Waals surface area contributed by atoms with Crippen molar-refractivity contribution in [1.29, 1.82) is 0 Å². The van der Waals surface area contributed by atoms with Crippen molar-refractivity contribution in [3.8, 4) is 11.5 Å². The molecule has 44 heavy (non-hydrogen) atoms. The van der Waals surface area contributed by atoms with E-state index in [2.05, 4.69) is 64.9 Å². The molecule has 0 atom stereocenters. The average molecular weight is 625 g/mol. The van der Waals surface area contributed by atoms with Gasteiger partial charge < -0.3 is 19.9 Å². The zero-order valence-corrected chi connectivity index (χ0v) is 27.2. The van der Waals surface area contributed by atoms with E-state index in [1.807, 2.05) is 12.1 Å². The molecule has 1 aromatic heterocycles. The highest BCUT2D eigenvalue weighted by molar-refractivity contribution is 7.91. The van der Waals surface area contributed by atoms with Crippen LogP contribution in [0.25, 0.3) is 0 Å². The highest BCUT2D eigenvalue weighted by atomic mass is 32.2. The van der Waals surface area contributed by atoms with Crippen molar-refractivity contribution in [2.24, 2.45) is 17.6 Å². The first-order valence-electron chi connectivity index (χ1n) is 15.7. The molecule has 0 spiro atoms. The van der Waals surface area contributed by atoms with E-state index in [9.17, 15) is 8.42 Å². The van der Waals surface area contributed by atoms with Gasteiger partial charge in [0.05, 0.1) is 18.6 Å². The van der Waals surface area contributed by atoms with Gasteiger partial charge in [0.2, 0.25) is 16.0 Å². The number of unbranched alkanes of at least 4 members (excludes halogenated alkanes) is 2. The summed E-state index contributed by atoms with van der Waals surface area (Å²) in [7, 11) is -3.45. The molecule has 9 nitrogen and oxygen atoms in total. The summed E-state index contributed by atoms with van der Waals surface area (Å²) in [5.74, 6) is 2.92. The number of rotatable bonds is 17. The summed E-state index contributed by atoms with van der Waals surface area (Å²) in [4.78, 5) is 8.13. The van der Waals surface area contributed by atoms with Crippen LogP contribution in [0.2, 0.25) is 0 Å². The molecule has 1 aliphatic carbocycles. The second kappa shape index (κ2) is 16.2. The van der Waals surface area contributed by atoms with Gasteiger partial charge in [0.1, 0.15) is 18.1 Å². The van der Waals surface area contributed by atoms with Crippen LogP contribution in [-0.4, -0.2) is 51.0 Å². The summed E-state index contributed by atoms with van der Waals surface area (Å²) in [5.41, 5.74) is 8.28. The Morgan fingerprint density at radius 3 is 2.02 bits per heavy atom. The number of nitrogens with two attached hydrogens (primary N) is 1. The lowest BCUT2D eigenvalue weighted by atomic mass is 9.78. The fraction of sp³-hybridized carbons (Fsp3) is 0.529. The highest BCUT2D eigenvalue weighted by Crippen LogP contribution is 2.34. The molecule has 0 radical (unpaired) electrons. The van der Waals surface area contributed by atoms with E-state index in [1.54, 1.807) is 6.07 Å². The largest absolute Gasteiger partial charge is 0.493 e. The summed E-state index contributed by atoms with van der Waals surface area (Å²) < 4.78 is 43.1. The molecule has 240 valence electrons. The van der Waals surface area contributed by atoms with Gasteiger partial charge in [-0.05, 0) is 105 Å². The van der Waals surface area contributed by atoms with Gasteiger partial charge in [-0.3, -0.25) is 4.72 Å². The lowest BCUT2D eigenvalue weighted by molar-refractivity contribution is 0.0694. The Morgan fingerprint density at radius 1 is 0.841 bits per heavy atom. The van der Waals surface area contributed by atoms with Crippen molar-refractivity contribution >= 4 is 16.0 Å². The maximum Gasteiger partial charge on any atom is 0.236 e. The number of hydrogen-bond acceptors (Lipinski definition) is 8. The highest BCUT2D eigenvalue weighted by Gasteiger charge is 2.24. The van der Waals surface area contributed by atoms with Gasteiger partial charge in [0, 0.05) is 24.8 Å². The van der Waals surface area contributed by atoms with Crippen molar-refractivity contribution in [1.82, 2.24) is 9.97 Å². The predicted octanol–water partition coefficient (Wildman–Crippen LogP) is 6.08. The maximum absolute atomic E-state index is 11.4. The summed E-state index contributed by atoms with van der Waals surface area (Å²) in [5, 5.41) is 0. The van der Waals surface area contributed by atoms with Crippen LogP contribution in [0.3, 0.4) is 0 Å². The van der Waals surface area contributed by atoms with Crippen LogP contribution >= 0.6 is 0 Å². The van der Waals surface area contributed by atoms with Crippen LogP contribution in [0, 0.1) is 11.8 Å². The van der Waals surface area contributed by atoms with Crippen molar-refractivity contribution < 1.29 is 22.6 Å². The number of sulfonamides is 1. The van der Waals surface area contributed by atoms with Gasteiger partial charge in [0.15, 0.2) is 0 Å². The second-order valence-electron chi connectivity index (χ2n) is 12.3. The molecule has 1 saturated carbocycles. The monoisotopic (exact) mass is 624 g/mol. The van der Waals surface area contributed by atoms with Crippen LogP contribution in [0.4, 0.5) is 5.95 Å². The molecule has 3 aromatic rings. The van der Waals surface area contributed by atoms with Crippen molar-refractivity contribution in [3.63, 3.8) is 0 Å². The molecule has 0 unspecified atom stereocenters. The summed E-state index contributed by atoms with van der Waals surface area (Å²) in [6.45, 7) is 7.89. The Balaban J connectivity index is 1.21. The minimum Gasteiger partial charge on any atom is -0.493 e. The SMILES string of the molecule is CC(C)(c1ccc(OCc2ccnc(NS(C)(=O)=O)n2)cc1)c1ccc(OC[C@H]2CC[C@H](COCCCCCN)CC2)cc1. The van der Waals surface area contributed by atoms with Gasteiger partial charge in [0.25, 0.3) is 0 Å².